The highest BCUT2D eigenvalue weighted by atomic mass is 15.3. The van der Waals surface area contributed by atoms with Crippen molar-refractivity contribution in [3.05, 3.63) is 48.3 Å². The third-order valence-corrected chi connectivity index (χ3v) is 2.91. The van der Waals surface area contributed by atoms with Gasteiger partial charge < -0.3 is 5.32 Å². The van der Waals surface area contributed by atoms with Crippen LogP contribution in [0.1, 0.15) is 26.0 Å². The molecule has 1 aromatic carbocycles. The van der Waals surface area contributed by atoms with Crippen LogP contribution in [0.4, 0.5) is 0 Å². The summed E-state index contributed by atoms with van der Waals surface area (Å²) >= 11 is 0. The number of rotatable bonds is 5. The van der Waals surface area contributed by atoms with Gasteiger partial charge in [-0.2, -0.15) is 5.10 Å². The van der Waals surface area contributed by atoms with Crippen LogP contribution in [-0.4, -0.2) is 15.8 Å². The number of hydrogen-bond acceptors (Lipinski definition) is 2. The van der Waals surface area contributed by atoms with Gasteiger partial charge in [0.25, 0.3) is 0 Å². The van der Waals surface area contributed by atoms with Gasteiger partial charge in [-0.25, -0.2) is 4.68 Å². The minimum absolute atomic E-state index is 0.539. The molecule has 0 aliphatic rings. The van der Waals surface area contributed by atoms with E-state index in [2.05, 4.69) is 42.5 Å². The van der Waals surface area contributed by atoms with Crippen molar-refractivity contribution in [2.24, 2.45) is 0 Å². The van der Waals surface area contributed by atoms with E-state index in [0.717, 1.165) is 24.3 Å². The molecule has 1 heterocycles. The van der Waals surface area contributed by atoms with Gasteiger partial charge in [-0.15, -0.1) is 0 Å². The van der Waals surface area contributed by atoms with Crippen LogP contribution in [0.15, 0.2) is 42.6 Å². The first-order chi connectivity index (χ1) is 8.29. The van der Waals surface area contributed by atoms with Gasteiger partial charge in [0.1, 0.15) is 0 Å². The molecule has 0 amide bonds. The summed E-state index contributed by atoms with van der Waals surface area (Å²) in [5.41, 5.74) is 2.18. The predicted octanol–water partition coefficient (Wildman–Crippen LogP) is 2.76. The van der Waals surface area contributed by atoms with Crippen molar-refractivity contribution in [3.8, 4) is 5.69 Å². The van der Waals surface area contributed by atoms with E-state index in [0.29, 0.717) is 6.04 Å². The maximum Gasteiger partial charge on any atom is 0.0766 e. The van der Waals surface area contributed by atoms with Crippen molar-refractivity contribution in [1.29, 1.82) is 0 Å². The average molecular weight is 229 g/mol. The van der Waals surface area contributed by atoms with Gasteiger partial charge in [0.05, 0.1) is 11.4 Å². The number of para-hydroxylation sites is 1. The van der Waals surface area contributed by atoms with Crippen molar-refractivity contribution < 1.29 is 0 Å². The Kier molecular flexibility index (Phi) is 3.94. The number of hydrogen-bond donors (Lipinski definition) is 1. The second-order valence-electron chi connectivity index (χ2n) is 4.28. The highest BCUT2D eigenvalue weighted by molar-refractivity contribution is 5.30. The summed E-state index contributed by atoms with van der Waals surface area (Å²) in [6.07, 6.45) is 3.14. The molecule has 0 fully saturated rings. The summed E-state index contributed by atoms with van der Waals surface area (Å²) in [7, 11) is 0. The van der Waals surface area contributed by atoms with Crippen LogP contribution in [0.25, 0.3) is 5.69 Å². The molecule has 3 heteroatoms. The molecule has 17 heavy (non-hydrogen) atoms. The van der Waals surface area contributed by atoms with Crippen LogP contribution < -0.4 is 5.32 Å². The standard InChI is InChI=1S/C14H19N3/c1-3-12(2)15-11-13-9-10-17(16-13)14-7-5-4-6-8-14/h4-10,12,15H,3,11H2,1-2H3. The van der Waals surface area contributed by atoms with Crippen LogP contribution in [0.3, 0.4) is 0 Å². The van der Waals surface area contributed by atoms with E-state index in [-0.39, 0.29) is 0 Å². The summed E-state index contributed by atoms with van der Waals surface area (Å²) < 4.78 is 1.91. The van der Waals surface area contributed by atoms with Crippen LogP contribution in [0.2, 0.25) is 0 Å². The maximum atomic E-state index is 4.54. The van der Waals surface area contributed by atoms with E-state index in [9.17, 15) is 0 Å². The first kappa shape index (κ1) is 11.9. The molecule has 0 spiro atoms. The lowest BCUT2D eigenvalue weighted by Gasteiger charge is -2.09. The Bertz CT molecular complexity index is 448. The second-order valence-corrected chi connectivity index (χ2v) is 4.28. The molecule has 1 N–H and O–H groups in total. The zero-order chi connectivity index (χ0) is 12.1. The van der Waals surface area contributed by atoms with Crippen molar-refractivity contribution in [3.63, 3.8) is 0 Å². The molecule has 2 aromatic rings. The Morgan fingerprint density at radius 2 is 2.00 bits per heavy atom. The summed E-state index contributed by atoms with van der Waals surface area (Å²) in [4.78, 5) is 0. The van der Waals surface area contributed by atoms with Gasteiger partial charge in [0.2, 0.25) is 0 Å². The molecular formula is C14H19N3. The number of nitrogens with one attached hydrogen (secondary N) is 1. The lowest BCUT2D eigenvalue weighted by Crippen LogP contribution is -2.24. The fourth-order valence-electron chi connectivity index (χ4n) is 1.60. The Morgan fingerprint density at radius 1 is 1.24 bits per heavy atom. The number of aromatic nitrogens is 2. The van der Waals surface area contributed by atoms with E-state index < -0.39 is 0 Å². The van der Waals surface area contributed by atoms with E-state index in [4.69, 9.17) is 0 Å². The highest BCUT2D eigenvalue weighted by Gasteiger charge is 2.02. The SMILES string of the molecule is CCC(C)NCc1ccn(-c2ccccc2)n1. The topological polar surface area (TPSA) is 29.9 Å². The van der Waals surface area contributed by atoms with Gasteiger partial charge in [-0.05, 0) is 31.5 Å². The second kappa shape index (κ2) is 5.64. The number of nitrogens with zero attached hydrogens (tertiary/aromatic N) is 2. The lowest BCUT2D eigenvalue weighted by molar-refractivity contribution is 0.527. The van der Waals surface area contributed by atoms with Crippen LogP contribution in [0.5, 0.6) is 0 Å². The molecular weight excluding hydrogens is 210 g/mol. The van der Waals surface area contributed by atoms with Crippen molar-refractivity contribution in [1.82, 2.24) is 15.1 Å². The molecule has 0 aliphatic heterocycles. The monoisotopic (exact) mass is 229 g/mol. The van der Waals surface area contributed by atoms with Crippen molar-refractivity contribution in [2.75, 3.05) is 0 Å². The van der Waals surface area contributed by atoms with E-state index >= 15 is 0 Å². The fourth-order valence-corrected chi connectivity index (χ4v) is 1.60. The highest BCUT2D eigenvalue weighted by Crippen LogP contribution is 2.06. The first-order valence-electron chi connectivity index (χ1n) is 6.13. The van der Waals surface area contributed by atoms with E-state index in [1.807, 2.05) is 29.1 Å². The van der Waals surface area contributed by atoms with Gasteiger partial charge >= 0.3 is 0 Å². The minimum Gasteiger partial charge on any atom is -0.309 e. The normalized spacial score (nSPS) is 12.6. The van der Waals surface area contributed by atoms with Crippen LogP contribution in [0, 0.1) is 0 Å². The van der Waals surface area contributed by atoms with Crippen LogP contribution in [-0.2, 0) is 6.54 Å². The molecule has 1 atom stereocenters. The maximum absolute atomic E-state index is 4.54. The van der Waals surface area contributed by atoms with Gasteiger partial charge in [-0.1, -0.05) is 25.1 Å². The first-order valence-corrected chi connectivity index (χ1v) is 6.13. The summed E-state index contributed by atoms with van der Waals surface area (Å²) in [5, 5.41) is 7.98. The zero-order valence-corrected chi connectivity index (χ0v) is 10.4. The average Bonchev–Trinajstić information content (AvgIpc) is 2.86. The molecule has 0 saturated carbocycles. The Labute approximate surface area is 102 Å². The van der Waals surface area contributed by atoms with E-state index in [1.54, 1.807) is 0 Å². The summed E-state index contributed by atoms with van der Waals surface area (Å²) in [6, 6.07) is 12.8. The Balaban J connectivity index is 2.01. The Morgan fingerprint density at radius 3 is 2.71 bits per heavy atom. The molecule has 90 valence electrons. The molecule has 0 saturated heterocycles. The third-order valence-electron chi connectivity index (χ3n) is 2.91. The van der Waals surface area contributed by atoms with Gasteiger partial charge in [0, 0.05) is 18.8 Å². The molecule has 1 aromatic heterocycles. The molecule has 0 radical (unpaired) electrons. The fraction of sp³-hybridized carbons (Fsp3) is 0.357. The molecule has 0 bridgehead atoms. The minimum atomic E-state index is 0.539. The van der Waals surface area contributed by atoms with E-state index in [1.165, 1.54) is 0 Å². The van der Waals surface area contributed by atoms with Crippen LogP contribution >= 0.6 is 0 Å². The Hall–Kier alpha value is -1.61. The smallest absolute Gasteiger partial charge is 0.0766 e. The summed E-state index contributed by atoms with van der Waals surface area (Å²) in [5.74, 6) is 0. The van der Waals surface area contributed by atoms with Crippen molar-refractivity contribution in [2.45, 2.75) is 32.9 Å². The lowest BCUT2D eigenvalue weighted by atomic mass is 10.2. The van der Waals surface area contributed by atoms with Gasteiger partial charge in [0.15, 0.2) is 0 Å². The molecule has 3 nitrogen and oxygen atoms in total. The largest absolute Gasteiger partial charge is 0.309 e. The number of benzene rings is 1. The molecule has 1 unspecified atom stereocenters. The zero-order valence-electron chi connectivity index (χ0n) is 10.4. The van der Waals surface area contributed by atoms with Gasteiger partial charge in [-0.3, -0.25) is 0 Å². The quantitative estimate of drug-likeness (QED) is 0.854. The molecule has 2 rings (SSSR count). The predicted molar refractivity (Wildman–Crippen MR) is 70.2 cm³/mol. The third kappa shape index (κ3) is 3.17. The summed E-state index contributed by atoms with van der Waals surface area (Å²) in [6.45, 7) is 5.20. The molecule has 0 aliphatic carbocycles. The van der Waals surface area contributed by atoms with Crippen molar-refractivity contribution >= 4 is 0 Å².